The normalized spacial score (nSPS) is 18.2. The molecule has 2 aliphatic rings. The van der Waals surface area contributed by atoms with E-state index < -0.39 is 6.10 Å². The molecule has 1 atom stereocenters. The van der Waals surface area contributed by atoms with Gasteiger partial charge in [0.25, 0.3) is 5.91 Å². The van der Waals surface area contributed by atoms with Crippen LogP contribution in [0.4, 0.5) is 5.69 Å². The highest BCUT2D eigenvalue weighted by Crippen LogP contribution is 2.28. The van der Waals surface area contributed by atoms with Crippen LogP contribution in [0, 0.1) is 5.92 Å². The van der Waals surface area contributed by atoms with E-state index in [1.165, 1.54) is 19.3 Å². The molecule has 0 saturated heterocycles. The molecular formula is C23H32N2O4. The maximum absolute atomic E-state index is 13.2. The van der Waals surface area contributed by atoms with Crippen LogP contribution in [0.1, 0.15) is 51.0 Å². The van der Waals surface area contributed by atoms with Crippen LogP contribution in [0.2, 0.25) is 0 Å². The Labute approximate surface area is 172 Å². The van der Waals surface area contributed by atoms with E-state index in [0.717, 1.165) is 24.1 Å². The quantitative estimate of drug-likeness (QED) is 0.657. The van der Waals surface area contributed by atoms with Crippen molar-refractivity contribution in [3.05, 3.63) is 35.9 Å². The average Bonchev–Trinajstić information content (AvgIpc) is 2.73. The fraction of sp³-hybridized carbons (Fsp3) is 0.565. The molecule has 0 spiro atoms. The first-order valence-corrected chi connectivity index (χ1v) is 10.7. The molecule has 1 aromatic rings. The summed E-state index contributed by atoms with van der Waals surface area (Å²) < 4.78 is 6.05. The number of fused-ring (bicyclic) bond motifs is 1. The number of nitrogens with one attached hydrogen (secondary N) is 1. The lowest BCUT2D eigenvalue weighted by Gasteiger charge is -2.31. The Balaban J connectivity index is 1.71. The van der Waals surface area contributed by atoms with E-state index in [-0.39, 0.29) is 18.4 Å². The molecule has 1 aromatic carbocycles. The second-order valence-electron chi connectivity index (χ2n) is 7.94. The van der Waals surface area contributed by atoms with E-state index in [2.05, 4.69) is 5.32 Å². The lowest BCUT2D eigenvalue weighted by molar-refractivity contribution is -0.138. The Bertz CT molecular complexity index is 740. The van der Waals surface area contributed by atoms with Crippen molar-refractivity contribution in [3.63, 3.8) is 0 Å². The standard InChI is InChI=1S/C23H32N2O4/c1-2-6-21(23(28)25(13-14-26)16-17-7-4-3-5-8-17)29-19-10-11-20-18(15-19)9-12-22(27)24-20/h2,6,10-11,15,17,21,26H,3-5,7-9,12-14,16H2,1H3,(H,24,27). The summed E-state index contributed by atoms with van der Waals surface area (Å²) in [5.41, 5.74) is 1.82. The number of carbonyl (C=O) groups excluding carboxylic acids is 2. The van der Waals surface area contributed by atoms with Crippen LogP contribution in [0.15, 0.2) is 30.4 Å². The van der Waals surface area contributed by atoms with Crippen molar-refractivity contribution in [2.45, 2.75) is 58.0 Å². The monoisotopic (exact) mass is 400 g/mol. The van der Waals surface area contributed by atoms with E-state index in [1.807, 2.05) is 25.1 Å². The molecule has 158 valence electrons. The summed E-state index contributed by atoms with van der Waals surface area (Å²) in [7, 11) is 0. The van der Waals surface area contributed by atoms with E-state index in [4.69, 9.17) is 4.74 Å². The Morgan fingerprint density at radius 2 is 2.10 bits per heavy atom. The number of hydrogen-bond donors (Lipinski definition) is 2. The lowest BCUT2D eigenvalue weighted by Crippen LogP contribution is -2.45. The molecule has 0 bridgehead atoms. The molecule has 1 fully saturated rings. The number of aryl methyl sites for hydroxylation is 1. The van der Waals surface area contributed by atoms with Crippen molar-refractivity contribution < 1.29 is 19.4 Å². The minimum Gasteiger partial charge on any atom is -0.476 e. The first-order valence-electron chi connectivity index (χ1n) is 10.7. The maximum Gasteiger partial charge on any atom is 0.267 e. The minimum absolute atomic E-state index is 0.0236. The number of anilines is 1. The molecule has 29 heavy (non-hydrogen) atoms. The van der Waals surface area contributed by atoms with Crippen LogP contribution in [-0.2, 0) is 16.0 Å². The zero-order valence-electron chi connectivity index (χ0n) is 17.2. The first-order chi connectivity index (χ1) is 14.1. The van der Waals surface area contributed by atoms with Gasteiger partial charge < -0.3 is 20.1 Å². The van der Waals surface area contributed by atoms with Gasteiger partial charge in [0.1, 0.15) is 5.75 Å². The van der Waals surface area contributed by atoms with E-state index >= 15 is 0 Å². The number of ether oxygens (including phenoxy) is 1. The highest BCUT2D eigenvalue weighted by Gasteiger charge is 2.27. The van der Waals surface area contributed by atoms with Gasteiger partial charge in [0, 0.05) is 25.2 Å². The molecule has 2 amide bonds. The third-order valence-electron chi connectivity index (χ3n) is 5.73. The van der Waals surface area contributed by atoms with Gasteiger partial charge in [-0.2, -0.15) is 0 Å². The van der Waals surface area contributed by atoms with Gasteiger partial charge in [-0.3, -0.25) is 9.59 Å². The highest BCUT2D eigenvalue weighted by molar-refractivity contribution is 5.94. The number of benzene rings is 1. The number of nitrogens with zero attached hydrogens (tertiary/aromatic N) is 1. The number of hydrogen-bond acceptors (Lipinski definition) is 4. The SMILES string of the molecule is CC=CC(Oc1ccc2c(c1)CCC(=O)N2)C(=O)N(CCO)CC1CCCCC1. The van der Waals surface area contributed by atoms with Crippen LogP contribution >= 0.6 is 0 Å². The summed E-state index contributed by atoms with van der Waals surface area (Å²) >= 11 is 0. The summed E-state index contributed by atoms with van der Waals surface area (Å²) in [6.07, 6.45) is 9.95. The summed E-state index contributed by atoms with van der Waals surface area (Å²) in [6, 6.07) is 5.51. The predicted molar refractivity (Wildman–Crippen MR) is 113 cm³/mol. The Morgan fingerprint density at radius 3 is 2.83 bits per heavy atom. The number of rotatable bonds is 8. The molecule has 0 radical (unpaired) electrons. The van der Waals surface area contributed by atoms with E-state index in [0.29, 0.717) is 37.6 Å². The average molecular weight is 401 g/mol. The van der Waals surface area contributed by atoms with Crippen molar-refractivity contribution in [3.8, 4) is 5.75 Å². The van der Waals surface area contributed by atoms with Gasteiger partial charge in [0.2, 0.25) is 5.91 Å². The number of carbonyl (C=O) groups is 2. The second kappa shape index (κ2) is 10.4. The molecule has 0 aromatic heterocycles. The molecule has 1 unspecified atom stereocenters. The van der Waals surface area contributed by atoms with Gasteiger partial charge in [0.05, 0.1) is 6.61 Å². The van der Waals surface area contributed by atoms with E-state index in [1.54, 1.807) is 17.0 Å². The molecule has 1 saturated carbocycles. The second-order valence-corrected chi connectivity index (χ2v) is 7.94. The molecule has 1 heterocycles. The van der Waals surface area contributed by atoms with Gasteiger partial charge >= 0.3 is 0 Å². The van der Waals surface area contributed by atoms with Crippen LogP contribution in [0.25, 0.3) is 0 Å². The fourth-order valence-electron chi connectivity index (χ4n) is 4.20. The van der Waals surface area contributed by atoms with Gasteiger partial charge in [-0.15, -0.1) is 0 Å². The van der Waals surface area contributed by atoms with Crippen molar-refractivity contribution in [2.75, 3.05) is 25.0 Å². The summed E-state index contributed by atoms with van der Waals surface area (Å²) in [5.74, 6) is 1.01. The Kier molecular flexibility index (Phi) is 7.69. The number of aliphatic hydroxyl groups is 1. The molecule has 6 heteroatoms. The van der Waals surface area contributed by atoms with E-state index in [9.17, 15) is 14.7 Å². The fourth-order valence-corrected chi connectivity index (χ4v) is 4.20. The molecule has 1 aliphatic carbocycles. The molecule has 2 N–H and O–H groups in total. The molecular weight excluding hydrogens is 368 g/mol. The molecule has 3 rings (SSSR count). The maximum atomic E-state index is 13.2. The Morgan fingerprint density at radius 1 is 1.31 bits per heavy atom. The van der Waals surface area contributed by atoms with Crippen LogP contribution < -0.4 is 10.1 Å². The first kappa shape index (κ1) is 21.4. The summed E-state index contributed by atoms with van der Waals surface area (Å²) in [4.78, 5) is 26.5. The number of amides is 2. The van der Waals surface area contributed by atoms with Gasteiger partial charge in [-0.25, -0.2) is 0 Å². The predicted octanol–water partition coefficient (Wildman–Crippen LogP) is 3.30. The van der Waals surface area contributed by atoms with Crippen LogP contribution in [0.3, 0.4) is 0 Å². The Hall–Kier alpha value is -2.34. The summed E-state index contributed by atoms with van der Waals surface area (Å²) in [5, 5.41) is 12.3. The van der Waals surface area contributed by atoms with Crippen LogP contribution in [0.5, 0.6) is 5.75 Å². The van der Waals surface area contributed by atoms with Crippen molar-refractivity contribution in [2.24, 2.45) is 5.92 Å². The topological polar surface area (TPSA) is 78.9 Å². The summed E-state index contributed by atoms with van der Waals surface area (Å²) in [6.45, 7) is 2.80. The zero-order chi connectivity index (χ0) is 20.6. The number of aliphatic hydroxyl groups excluding tert-OH is 1. The molecule has 6 nitrogen and oxygen atoms in total. The third kappa shape index (κ3) is 5.82. The van der Waals surface area contributed by atoms with Crippen molar-refractivity contribution in [1.82, 2.24) is 4.90 Å². The van der Waals surface area contributed by atoms with Crippen molar-refractivity contribution >= 4 is 17.5 Å². The zero-order valence-corrected chi connectivity index (χ0v) is 17.2. The van der Waals surface area contributed by atoms with Gasteiger partial charge in [0.15, 0.2) is 6.10 Å². The van der Waals surface area contributed by atoms with Crippen molar-refractivity contribution in [1.29, 1.82) is 0 Å². The van der Waals surface area contributed by atoms with Gasteiger partial charge in [-0.05, 0) is 61.9 Å². The largest absolute Gasteiger partial charge is 0.476 e. The minimum atomic E-state index is -0.730. The number of allylic oxidation sites excluding steroid dienone is 1. The van der Waals surface area contributed by atoms with Gasteiger partial charge in [-0.1, -0.05) is 25.3 Å². The smallest absolute Gasteiger partial charge is 0.267 e. The highest BCUT2D eigenvalue weighted by atomic mass is 16.5. The van der Waals surface area contributed by atoms with Crippen LogP contribution in [-0.4, -0.2) is 47.6 Å². The third-order valence-corrected chi connectivity index (χ3v) is 5.73. The molecule has 1 aliphatic heterocycles. The lowest BCUT2D eigenvalue weighted by atomic mass is 9.89.